The number of nitriles is 2. The maximum absolute atomic E-state index is 8.82. The van der Waals surface area contributed by atoms with Gasteiger partial charge in [0.05, 0.1) is 11.6 Å². The van der Waals surface area contributed by atoms with Crippen LogP contribution in [0.2, 0.25) is 0 Å². The smallest absolute Gasteiger partial charge is 0.140 e. The van der Waals surface area contributed by atoms with Crippen LogP contribution >= 0.6 is 0 Å². The number of hydrogen-bond donors (Lipinski definition) is 0. The summed E-state index contributed by atoms with van der Waals surface area (Å²) in [7, 11) is 0. The molecule has 0 amide bonds. The van der Waals surface area contributed by atoms with Gasteiger partial charge in [-0.05, 0) is 41.0 Å². The summed E-state index contributed by atoms with van der Waals surface area (Å²) in [5.41, 5.74) is 5.26. The van der Waals surface area contributed by atoms with Crippen LogP contribution in [0.1, 0.15) is 11.3 Å². The molecule has 0 aliphatic carbocycles. The molecule has 1 heterocycles. The Bertz CT molecular complexity index is 786. The van der Waals surface area contributed by atoms with Crippen molar-refractivity contribution in [2.24, 2.45) is 0 Å². The third kappa shape index (κ3) is 2.70. The first-order valence-corrected chi connectivity index (χ1v) is 6.77. The number of pyridine rings is 1. The topological polar surface area (TPSA) is 60.5 Å². The van der Waals surface area contributed by atoms with Crippen molar-refractivity contribution in [3.63, 3.8) is 0 Å². The molecule has 2 aromatic carbocycles. The molecule has 0 saturated carbocycles. The summed E-state index contributed by atoms with van der Waals surface area (Å²) in [6.07, 6.45) is 1.70. The number of aromatic nitrogens is 1. The van der Waals surface area contributed by atoms with E-state index in [0.29, 0.717) is 11.3 Å². The van der Waals surface area contributed by atoms with Gasteiger partial charge >= 0.3 is 0 Å². The lowest BCUT2D eigenvalue weighted by molar-refractivity contribution is 1.26. The van der Waals surface area contributed by atoms with E-state index < -0.39 is 0 Å². The highest BCUT2D eigenvalue weighted by molar-refractivity contribution is 5.70. The summed E-state index contributed by atoms with van der Waals surface area (Å²) in [5, 5.41) is 17.6. The van der Waals surface area contributed by atoms with Gasteiger partial charge in [-0.3, -0.25) is 0 Å². The average molecular weight is 281 g/mol. The fourth-order valence-corrected chi connectivity index (χ4v) is 2.22. The minimum atomic E-state index is 0.415. The molecule has 3 rings (SSSR count). The zero-order valence-electron chi connectivity index (χ0n) is 11.7. The number of benzene rings is 2. The Kier molecular flexibility index (Phi) is 3.64. The van der Waals surface area contributed by atoms with Crippen LogP contribution in [-0.2, 0) is 0 Å². The van der Waals surface area contributed by atoms with Crippen molar-refractivity contribution >= 4 is 0 Å². The molecule has 0 aliphatic rings. The average Bonchev–Trinajstić information content (AvgIpc) is 2.62. The minimum Gasteiger partial charge on any atom is -0.245 e. The Balaban J connectivity index is 1.88. The highest BCUT2D eigenvalue weighted by Crippen LogP contribution is 2.24. The second-order valence-corrected chi connectivity index (χ2v) is 4.81. The summed E-state index contributed by atoms with van der Waals surface area (Å²) in [4.78, 5) is 4.08. The molecule has 0 radical (unpaired) electrons. The van der Waals surface area contributed by atoms with Gasteiger partial charge in [0.15, 0.2) is 0 Å². The molecule has 0 N–H and O–H groups in total. The zero-order chi connectivity index (χ0) is 15.4. The molecular weight excluding hydrogens is 270 g/mol. The lowest BCUT2D eigenvalue weighted by Gasteiger charge is -2.05. The van der Waals surface area contributed by atoms with Crippen LogP contribution in [0, 0.1) is 22.7 Å². The van der Waals surface area contributed by atoms with Crippen molar-refractivity contribution in [2.75, 3.05) is 0 Å². The molecule has 1 aromatic heterocycles. The van der Waals surface area contributed by atoms with E-state index in [-0.39, 0.29) is 0 Å². The van der Waals surface area contributed by atoms with Crippen LogP contribution in [0.3, 0.4) is 0 Å². The van der Waals surface area contributed by atoms with E-state index in [1.54, 1.807) is 12.3 Å². The lowest BCUT2D eigenvalue weighted by atomic mass is 10.0. The minimum absolute atomic E-state index is 0.415. The van der Waals surface area contributed by atoms with Gasteiger partial charge in [0.2, 0.25) is 0 Å². The van der Waals surface area contributed by atoms with Gasteiger partial charge in [0, 0.05) is 11.8 Å². The molecule has 0 saturated heterocycles. The normalized spacial score (nSPS) is 9.73. The van der Waals surface area contributed by atoms with E-state index in [1.807, 2.05) is 60.7 Å². The molecule has 3 aromatic rings. The second kappa shape index (κ2) is 5.91. The Hall–Kier alpha value is -3.43. The predicted molar refractivity (Wildman–Crippen MR) is 84.5 cm³/mol. The standard InChI is InChI=1S/C19H11N3/c20-11-14-1-3-15(4-2-14)16-5-7-17(8-6-16)18-9-10-19(12-21)22-13-18/h1-10,13H. The molecular formula is C19H11N3. The van der Waals surface area contributed by atoms with Gasteiger partial charge in [0.25, 0.3) is 0 Å². The number of rotatable bonds is 2. The summed E-state index contributed by atoms with van der Waals surface area (Å²) in [6.45, 7) is 0. The highest BCUT2D eigenvalue weighted by atomic mass is 14.7. The molecule has 102 valence electrons. The largest absolute Gasteiger partial charge is 0.245 e. The van der Waals surface area contributed by atoms with E-state index in [0.717, 1.165) is 22.3 Å². The van der Waals surface area contributed by atoms with E-state index >= 15 is 0 Å². The molecule has 0 aliphatic heterocycles. The van der Waals surface area contributed by atoms with Gasteiger partial charge < -0.3 is 0 Å². The molecule has 3 nitrogen and oxygen atoms in total. The van der Waals surface area contributed by atoms with Gasteiger partial charge in [-0.25, -0.2) is 4.98 Å². The Morgan fingerprint density at radius 2 is 1.09 bits per heavy atom. The molecule has 3 heteroatoms. The van der Waals surface area contributed by atoms with Crippen molar-refractivity contribution in [3.8, 4) is 34.4 Å². The SMILES string of the molecule is N#Cc1ccc(-c2ccc(-c3ccc(C#N)nc3)cc2)cc1. The van der Waals surface area contributed by atoms with E-state index in [9.17, 15) is 0 Å². The van der Waals surface area contributed by atoms with Gasteiger partial charge in [-0.2, -0.15) is 10.5 Å². The maximum atomic E-state index is 8.82. The van der Waals surface area contributed by atoms with Crippen LogP contribution in [0.4, 0.5) is 0 Å². The van der Waals surface area contributed by atoms with E-state index in [2.05, 4.69) is 11.1 Å². The van der Waals surface area contributed by atoms with Crippen molar-refractivity contribution in [2.45, 2.75) is 0 Å². The van der Waals surface area contributed by atoms with Gasteiger partial charge in [-0.15, -0.1) is 0 Å². The van der Waals surface area contributed by atoms with Crippen LogP contribution in [0.5, 0.6) is 0 Å². The monoisotopic (exact) mass is 281 g/mol. The van der Waals surface area contributed by atoms with E-state index in [1.165, 1.54) is 0 Å². The third-order valence-corrected chi connectivity index (χ3v) is 3.44. The fraction of sp³-hybridized carbons (Fsp3) is 0. The first-order chi connectivity index (χ1) is 10.8. The summed E-state index contributed by atoms with van der Waals surface area (Å²) < 4.78 is 0. The van der Waals surface area contributed by atoms with E-state index in [4.69, 9.17) is 10.5 Å². The van der Waals surface area contributed by atoms with Gasteiger partial charge in [-0.1, -0.05) is 36.4 Å². The number of hydrogen-bond acceptors (Lipinski definition) is 3. The Morgan fingerprint density at radius 1 is 0.591 bits per heavy atom. The van der Waals surface area contributed by atoms with Crippen LogP contribution < -0.4 is 0 Å². The molecule has 0 bridgehead atoms. The maximum Gasteiger partial charge on any atom is 0.140 e. The van der Waals surface area contributed by atoms with Crippen LogP contribution in [0.25, 0.3) is 22.3 Å². The number of nitrogens with zero attached hydrogens (tertiary/aromatic N) is 3. The third-order valence-electron chi connectivity index (χ3n) is 3.44. The van der Waals surface area contributed by atoms with Crippen LogP contribution in [-0.4, -0.2) is 4.98 Å². The molecule has 0 unspecified atom stereocenters. The Morgan fingerprint density at radius 3 is 1.55 bits per heavy atom. The summed E-state index contributed by atoms with van der Waals surface area (Å²) in [5.74, 6) is 0. The fourth-order valence-electron chi connectivity index (χ4n) is 2.22. The molecule has 22 heavy (non-hydrogen) atoms. The molecule has 0 atom stereocenters. The van der Waals surface area contributed by atoms with Crippen molar-refractivity contribution < 1.29 is 0 Å². The molecule has 0 spiro atoms. The quantitative estimate of drug-likeness (QED) is 0.708. The predicted octanol–water partition coefficient (Wildman–Crippen LogP) is 4.16. The lowest BCUT2D eigenvalue weighted by Crippen LogP contribution is -1.84. The second-order valence-electron chi connectivity index (χ2n) is 4.81. The molecule has 0 fully saturated rings. The van der Waals surface area contributed by atoms with Gasteiger partial charge in [0.1, 0.15) is 11.8 Å². The summed E-state index contributed by atoms with van der Waals surface area (Å²) in [6, 6.07) is 23.4. The highest BCUT2D eigenvalue weighted by Gasteiger charge is 2.01. The van der Waals surface area contributed by atoms with Crippen LogP contribution in [0.15, 0.2) is 66.9 Å². The Labute approximate surface area is 128 Å². The first kappa shape index (κ1) is 13.5. The zero-order valence-corrected chi connectivity index (χ0v) is 11.7. The van der Waals surface area contributed by atoms with Crippen molar-refractivity contribution in [1.29, 1.82) is 10.5 Å². The first-order valence-electron chi connectivity index (χ1n) is 6.77. The van der Waals surface area contributed by atoms with Crippen molar-refractivity contribution in [1.82, 2.24) is 4.98 Å². The van der Waals surface area contributed by atoms with Crippen molar-refractivity contribution in [3.05, 3.63) is 78.1 Å². The summed E-state index contributed by atoms with van der Waals surface area (Å²) >= 11 is 0.